The van der Waals surface area contributed by atoms with E-state index in [0.29, 0.717) is 0 Å². The van der Waals surface area contributed by atoms with E-state index < -0.39 is 0 Å². The second-order valence-corrected chi connectivity index (χ2v) is 5.29. The number of piperazine rings is 1. The summed E-state index contributed by atoms with van der Waals surface area (Å²) < 4.78 is 1.28. The molecule has 84 valence electrons. The largest absolute Gasteiger partial charge is 0.368 e. The summed E-state index contributed by atoms with van der Waals surface area (Å²) in [5.74, 6) is 0. The Hall–Kier alpha value is -0.770. The molecular weight excluding hydrogens is 240 g/mol. The predicted octanol–water partition coefficient (Wildman–Crippen LogP) is 2.96. The van der Waals surface area contributed by atoms with Gasteiger partial charge in [0.2, 0.25) is 0 Å². The summed E-state index contributed by atoms with van der Waals surface area (Å²) in [7, 11) is 0. The number of halogens is 1. The molecule has 1 aromatic carbocycles. The topological polar surface area (TPSA) is 15.3 Å². The Balaban J connectivity index is 2.10. The summed E-state index contributed by atoms with van der Waals surface area (Å²) in [5.41, 5.74) is 1.28. The fourth-order valence-corrected chi connectivity index (χ4v) is 3.43. The Labute approximate surface area is 104 Å². The molecule has 0 amide bonds. The molecule has 1 aliphatic heterocycles. The van der Waals surface area contributed by atoms with E-state index in [1.807, 2.05) is 5.38 Å². The number of nitrogens with zero attached hydrogens (tertiary/aromatic N) is 1. The summed E-state index contributed by atoms with van der Waals surface area (Å²) in [6.45, 7) is 4.23. The standard InChI is InChI=1S/C12H13ClN2S/c13-9-8-16-11-3-1-2-10(12(9)11)15-6-4-14-5-7-15/h1-3,8,14H,4-7H2. The number of nitrogens with one attached hydrogen (secondary N) is 1. The van der Waals surface area contributed by atoms with Crippen LogP contribution < -0.4 is 10.2 Å². The second kappa shape index (κ2) is 4.24. The van der Waals surface area contributed by atoms with Crippen LogP contribution in [0, 0.1) is 0 Å². The van der Waals surface area contributed by atoms with Crippen molar-refractivity contribution in [3.05, 3.63) is 28.6 Å². The third kappa shape index (κ3) is 1.69. The Kier molecular flexibility index (Phi) is 2.75. The average molecular weight is 253 g/mol. The highest BCUT2D eigenvalue weighted by atomic mass is 35.5. The molecule has 0 aliphatic carbocycles. The van der Waals surface area contributed by atoms with E-state index in [9.17, 15) is 0 Å². The summed E-state index contributed by atoms with van der Waals surface area (Å²) >= 11 is 7.98. The van der Waals surface area contributed by atoms with Gasteiger partial charge in [-0.15, -0.1) is 11.3 Å². The zero-order valence-electron chi connectivity index (χ0n) is 8.87. The molecule has 0 unspecified atom stereocenters. The Bertz CT molecular complexity index is 503. The smallest absolute Gasteiger partial charge is 0.0612 e. The van der Waals surface area contributed by atoms with Gasteiger partial charge in [-0.2, -0.15) is 0 Å². The van der Waals surface area contributed by atoms with Gasteiger partial charge in [0.15, 0.2) is 0 Å². The van der Waals surface area contributed by atoms with Crippen molar-refractivity contribution in [2.24, 2.45) is 0 Å². The van der Waals surface area contributed by atoms with Gasteiger partial charge in [-0.1, -0.05) is 17.7 Å². The minimum absolute atomic E-state index is 0.883. The van der Waals surface area contributed by atoms with Gasteiger partial charge in [-0.25, -0.2) is 0 Å². The molecule has 0 saturated carbocycles. The number of hydrogen-bond donors (Lipinski definition) is 1. The zero-order chi connectivity index (χ0) is 11.0. The van der Waals surface area contributed by atoms with Gasteiger partial charge in [-0.3, -0.25) is 0 Å². The first-order valence-corrected chi connectivity index (χ1v) is 6.73. The lowest BCUT2D eigenvalue weighted by atomic mass is 10.2. The maximum absolute atomic E-state index is 6.27. The quantitative estimate of drug-likeness (QED) is 0.840. The SMILES string of the molecule is Clc1csc2cccc(N3CCNCC3)c12. The van der Waals surface area contributed by atoms with Gasteiger partial charge in [0.05, 0.1) is 5.02 Å². The molecule has 0 radical (unpaired) electrons. The molecule has 4 heteroatoms. The van der Waals surface area contributed by atoms with E-state index in [0.717, 1.165) is 31.2 Å². The highest BCUT2D eigenvalue weighted by Gasteiger charge is 2.15. The highest BCUT2D eigenvalue weighted by molar-refractivity contribution is 7.18. The third-order valence-electron chi connectivity index (χ3n) is 2.99. The fourth-order valence-electron chi connectivity index (χ4n) is 2.20. The van der Waals surface area contributed by atoms with Crippen LogP contribution in [0.2, 0.25) is 5.02 Å². The summed E-state index contributed by atoms with van der Waals surface area (Å²) in [6, 6.07) is 6.43. The lowest BCUT2D eigenvalue weighted by Crippen LogP contribution is -2.43. The van der Waals surface area contributed by atoms with E-state index >= 15 is 0 Å². The molecule has 1 aromatic heterocycles. The molecule has 0 atom stereocenters. The summed E-state index contributed by atoms with van der Waals surface area (Å²) in [5, 5.41) is 7.50. The van der Waals surface area contributed by atoms with Gasteiger partial charge in [0.25, 0.3) is 0 Å². The predicted molar refractivity (Wildman–Crippen MR) is 71.9 cm³/mol. The number of anilines is 1. The van der Waals surface area contributed by atoms with Crippen LogP contribution in [0.4, 0.5) is 5.69 Å². The van der Waals surface area contributed by atoms with Crippen LogP contribution in [0.1, 0.15) is 0 Å². The molecule has 1 N–H and O–H groups in total. The Morgan fingerprint density at radius 2 is 2.06 bits per heavy atom. The van der Waals surface area contributed by atoms with E-state index in [1.54, 1.807) is 11.3 Å². The van der Waals surface area contributed by atoms with Crippen LogP contribution in [-0.4, -0.2) is 26.2 Å². The first-order valence-electron chi connectivity index (χ1n) is 5.47. The van der Waals surface area contributed by atoms with Crippen molar-refractivity contribution < 1.29 is 0 Å². The van der Waals surface area contributed by atoms with Crippen molar-refractivity contribution in [3.8, 4) is 0 Å². The maximum atomic E-state index is 6.27. The normalized spacial score (nSPS) is 16.9. The van der Waals surface area contributed by atoms with Crippen LogP contribution in [-0.2, 0) is 0 Å². The van der Waals surface area contributed by atoms with E-state index in [2.05, 4.69) is 28.4 Å². The van der Waals surface area contributed by atoms with Crippen molar-refractivity contribution in [2.45, 2.75) is 0 Å². The van der Waals surface area contributed by atoms with Crippen molar-refractivity contribution >= 4 is 38.7 Å². The van der Waals surface area contributed by atoms with Crippen LogP contribution in [0.15, 0.2) is 23.6 Å². The minimum Gasteiger partial charge on any atom is -0.368 e. The number of fused-ring (bicyclic) bond motifs is 1. The monoisotopic (exact) mass is 252 g/mol. The zero-order valence-corrected chi connectivity index (χ0v) is 10.4. The van der Waals surface area contributed by atoms with E-state index in [-0.39, 0.29) is 0 Å². The van der Waals surface area contributed by atoms with Crippen molar-refractivity contribution in [1.82, 2.24) is 5.32 Å². The lowest BCUT2D eigenvalue weighted by molar-refractivity contribution is 0.590. The minimum atomic E-state index is 0.883. The molecule has 1 saturated heterocycles. The van der Waals surface area contributed by atoms with Gasteiger partial charge < -0.3 is 10.2 Å². The van der Waals surface area contributed by atoms with E-state index in [1.165, 1.54) is 15.8 Å². The Morgan fingerprint density at radius 3 is 2.88 bits per heavy atom. The lowest BCUT2D eigenvalue weighted by Gasteiger charge is -2.30. The van der Waals surface area contributed by atoms with Crippen molar-refractivity contribution in [3.63, 3.8) is 0 Å². The first-order chi connectivity index (χ1) is 7.86. The van der Waals surface area contributed by atoms with Gasteiger partial charge in [-0.05, 0) is 12.1 Å². The number of benzene rings is 1. The molecule has 1 aliphatic rings. The van der Waals surface area contributed by atoms with Gasteiger partial charge >= 0.3 is 0 Å². The first kappa shape index (κ1) is 10.4. The van der Waals surface area contributed by atoms with Crippen molar-refractivity contribution in [2.75, 3.05) is 31.1 Å². The average Bonchev–Trinajstić information content (AvgIpc) is 2.73. The fraction of sp³-hybridized carbons (Fsp3) is 0.333. The number of hydrogen-bond acceptors (Lipinski definition) is 3. The third-order valence-corrected chi connectivity index (χ3v) is 4.37. The molecule has 2 nitrogen and oxygen atoms in total. The van der Waals surface area contributed by atoms with Crippen LogP contribution >= 0.6 is 22.9 Å². The van der Waals surface area contributed by atoms with Crippen LogP contribution in [0.3, 0.4) is 0 Å². The molecule has 0 spiro atoms. The van der Waals surface area contributed by atoms with Gasteiger partial charge in [0.1, 0.15) is 0 Å². The molecule has 2 aromatic rings. The molecular formula is C12H13ClN2S. The molecule has 0 bridgehead atoms. The summed E-state index contributed by atoms with van der Waals surface area (Å²) in [6.07, 6.45) is 0. The molecule has 2 heterocycles. The second-order valence-electron chi connectivity index (χ2n) is 3.97. The van der Waals surface area contributed by atoms with Gasteiger partial charge in [0, 0.05) is 47.3 Å². The molecule has 1 fully saturated rings. The maximum Gasteiger partial charge on any atom is 0.0612 e. The highest BCUT2D eigenvalue weighted by Crippen LogP contribution is 2.37. The van der Waals surface area contributed by atoms with Crippen molar-refractivity contribution in [1.29, 1.82) is 0 Å². The molecule has 3 rings (SSSR count). The summed E-state index contributed by atoms with van der Waals surface area (Å²) in [4.78, 5) is 2.41. The Morgan fingerprint density at radius 1 is 1.25 bits per heavy atom. The molecule has 16 heavy (non-hydrogen) atoms. The van der Waals surface area contributed by atoms with Crippen LogP contribution in [0.5, 0.6) is 0 Å². The number of thiophene rings is 1. The number of rotatable bonds is 1. The van der Waals surface area contributed by atoms with Crippen LogP contribution in [0.25, 0.3) is 10.1 Å². The van der Waals surface area contributed by atoms with E-state index in [4.69, 9.17) is 11.6 Å².